The highest BCUT2D eigenvalue weighted by molar-refractivity contribution is 9.10. The van der Waals surface area contributed by atoms with Gasteiger partial charge in [0.25, 0.3) is 5.91 Å². The van der Waals surface area contributed by atoms with Crippen molar-refractivity contribution in [3.63, 3.8) is 0 Å². The van der Waals surface area contributed by atoms with E-state index in [1.54, 1.807) is 23.1 Å². The van der Waals surface area contributed by atoms with Gasteiger partial charge < -0.3 is 11.1 Å². The van der Waals surface area contributed by atoms with E-state index < -0.39 is 0 Å². The fourth-order valence-corrected chi connectivity index (χ4v) is 3.17. The minimum Gasteiger partial charge on any atom is -0.384 e. The molecule has 6 nitrogen and oxygen atoms in total. The van der Waals surface area contributed by atoms with Gasteiger partial charge >= 0.3 is 0 Å². The number of pyridine rings is 1. The number of amides is 1. The quantitative estimate of drug-likeness (QED) is 0.690. The Morgan fingerprint density at radius 2 is 2.08 bits per heavy atom. The van der Waals surface area contributed by atoms with Crippen LogP contribution in [0.4, 0.5) is 5.82 Å². The third-order valence-corrected chi connectivity index (χ3v) is 4.51. The highest BCUT2D eigenvalue weighted by Gasteiger charge is 2.12. The van der Waals surface area contributed by atoms with Crippen LogP contribution in [-0.4, -0.2) is 20.7 Å². The molecule has 0 aliphatic rings. The number of anilines is 1. The van der Waals surface area contributed by atoms with Crippen molar-refractivity contribution in [3.05, 3.63) is 75.6 Å². The minimum atomic E-state index is -0.178. The van der Waals surface area contributed by atoms with Crippen molar-refractivity contribution in [2.75, 3.05) is 5.73 Å². The van der Waals surface area contributed by atoms with Crippen molar-refractivity contribution in [1.29, 1.82) is 0 Å². The molecule has 0 aliphatic carbocycles. The Morgan fingerprint density at radius 3 is 2.80 bits per heavy atom. The summed E-state index contributed by atoms with van der Waals surface area (Å²) in [6, 6.07) is 11.7. The van der Waals surface area contributed by atoms with E-state index in [-0.39, 0.29) is 5.91 Å². The van der Waals surface area contributed by atoms with E-state index in [1.807, 2.05) is 37.3 Å². The fourth-order valence-electron chi connectivity index (χ4n) is 2.50. The maximum absolute atomic E-state index is 12.3. The molecule has 0 radical (unpaired) electrons. The zero-order valence-electron chi connectivity index (χ0n) is 13.7. The third kappa shape index (κ3) is 4.24. The maximum Gasteiger partial charge on any atom is 0.254 e. The van der Waals surface area contributed by atoms with Gasteiger partial charge in [0.05, 0.1) is 18.3 Å². The lowest BCUT2D eigenvalue weighted by Gasteiger charge is -2.10. The maximum atomic E-state index is 12.3. The molecule has 0 spiro atoms. The summed E-state index contributed by atoms with van der Waals surface area (Å²) in [4.78, 5) is 16.6. The van der Waals surface area contributed by atoms with Crippen LogP contribution in [0.15, 0.2) is 53.3 Å². The van der Waals surface area contributed by atoms with Gasteiger partial charge in [-0.2, -0.15) is 5.10 Å². The van der Waals surface area contributed by atoms with Crippen LogP contribution in [0.5, 0.6) is 0 Å². The average Bonchev–Trinajstić information content (AvgIpc) is 3.03. The minimum absolute atomic E-state index is 0.178. The zero-order chi connectivity index (χ0) is 17.8. The number of nitrogen functional groups attached to an aromatic ring is 1. The second kappa shape index (κ2) is 7.48. The van der Waals surface area contributed by atoms with Crippen LogP contribution in [0.1, 0.15) is 27.2 Å². The monoisotopic (exact) mass is 399 g/mol. The molecule has 0 unspecified atom stereocenters. The summed E-state index contributed by atoms with van der Waals surface area (Å²) < 4.78 is 2.58. The number of carbonyl (C=O) groups is 1. The van der Waals surface area contributed by atoms with Crippen LogP contribution in [0.3, 0.4) is 0 Å². The molecule has 1 amide bonds. The number of aromatic nitrogens is 3. The van der Waals surface area contributed by atoms with E-state index in [9.17, 15) is 4.79 Å². The molecule has 0 aliphatic heterocycles. The van der Waals surface area contributed by atoms with Gasteiger partial charge in [0.15, 0.2) is 0 Å². The van der Waals surface area contributed by atoms with Crippen LogP contribution >= 0.6 is 15.9 Å². The predicted octanol–water partition coefficient (Wildman–Crippen LogP) is 2.91. The third-order valence-electron chi connectivity index (χ3n) is 3.80. The number of rotatable bonds is 5. The molecular formula is C18H18BrN5O. The van der Waals surface area contributed by atoms with Gasteiger partial charge in [0, 0.05) is 28.5 Å². The lowest BCUT2D eigenvalue weighted by molar-refractivity contribution is 0.0950. The summed E-state index contributed by atoms with van der Waals surface area (Å²) in [5, 5.41) is 7.14. The lowest BCUT2D eigenvalue weighted by atomic mass is 10.2. The molecule has 0 saturated heterocycles. The van der Waals surface area contributed by atoms with E-state index in [4.69, 9.17) is 5.73 Å². The van der Waals surface area contributed by atoms with Gasteiger partial charge in [-0.05, 0) is 18.6 Å². The van der Waals surface area contributed by atoms with Gasteiger partial charge in [-0.15, -0.1) is 0 Å². The smallest absolute Gasteiger partial charge is 0.254 e. The molecule has 2 heterocycles. The number of aryl methyl sites for hydroxylation is 1. The van der Waals surface area contributed by atoms with E-state index in [2.05, 4.69) is 31.3 Å². The first-order valence-electron chi connectivity index (χ1n) is 7.79. The Kier molecular flexibility index (Phi) is 5.14. The summed E-state index contributed by atoms with van der Waals surface area (Å²) >= 11 is 3.46. The number of halogens is 1. The molecule has 0 fully saturated rings. The van der Waals surface area contributed by atoms with E-state index in [1.165, 1.54) is 0 Å². The summed E-state index contributed by atoms with van der Waals surface area (Å²) in [6.45, 7) is 2.85. The highest BCUT2D eigenvalue weighted by Crippen LogP contribution is 2.21. The van der Waals surface area contributed by atoms with Crippen molar-refractivity contribution in [1.82, 2.24) is 20.1 Å². The first kappa shape index (κ1) is 17.2. The van der Waals surface area contributed by atoms with E-state index in [0.717, 1.165) is 21.3 Å². The summed E-state index contributed by atoms with van der Waals surface area (Å²) in [7, 11) is 0. The Morgan fingerprint density at radius 1 is 1.32 bits per heavy atom. The van der Waals surface area contributed by atoms with Gasteiger partial charge in [-0.25, -0.2) is 4.98 Å². The summed E-state index contributed by atoms with van der Waals surface area (Å²) in [5.74, 6) is 0.268. The van der Waals surface area contributed by atoms with Crippen LogP contribution in [-0.2, 0) is 13.1 Å². The van der Waals surface area contributed by atoms with Crippen LogP contribution in [0, 0.1) is 6.92 Å². The predicted molar refractivity (Wildman–Crippen MR) is 100 cm³/mol. The Balaban J connectivity index is 1.64. The summed E-state index contributed by atoms with van der Waals surface area (Å²) in [5.41, 5.74) is 9.04. The second-order valence-electron chi connectivity index (χ2n) is 5.69. The normalized spacial score (nSPS) is 10.6. The number of nitrogens with two attached hydrogens (primary N) is 1. The first-order chi connectivity index (χ1) is 12.0. The SMILES string of the molecule is Cc1nc(N)cc(Br)c1CNC(=O)c1cnn(Cc2ccccc2)c1. The summed E-state index contributed by atoms with van der Waals surface area (Å²) in [6.07, 6.45) is 3.31. The molecule has 128 valence electrons. The Labute approximate surface area is 154 Å². The number of benzene rings is 1. The number of hydrogen-bond donors (Lipinski definition) is 2. The van der Waals surface area contributed by atoms with Gasteiger partial charge in [-0.3, -0.25) is 9.48 Å². The van der Waals surface area contributed by atoms with Crippen LogP contribution in [0.2, 0.25) is 0 Å². The molecule has 2 aromatic heterocycles. The van der Waals surface area contributed by atoms with Crippen molar-refractivity contribution in [3.8, 4) is 0 Å². The molecule has 1 aromatic carbocycles. The molecule has 0 saturated carbocycles. The number of carbonyl (C=O) groups excluding carboxylic acids is 1. The molecule has 7 heteroatoms. The Hall–Kier alpha value is -2.67. The van der Waals surface area contributed by atoms with Gasteiger partial charge in [0.2, 0.25) is 0 Å². The van der Waals surface area contributed by atoms with Gasteiger partial charge in [0.1, 0.15) is 5.82 Å². The first-order valence-corrected chi connectivity index (χ1v) is 8.58. The van der Waals surface area contributed by atoms with Crippen LogP contribution in [0.25, 0.3) is 0 Å². The van der Waals surface area contributed by atoms with Crippen LogP contribution < -0.4 is 11.1 Å². The average molecular weight is 400 g/mol. The van der Waals surface area contributed by atoms with Crippen molar-refractivity contribution in [2.45, 2.75) is 20.0 Å². The molecule has 25 heavy (non-hydrogen) atoms. The van der Waals surface area contributed by atoms with E-state index in [0.29, 0.717) is 24.5 Å². The fraction of sp³-hybridized carbons (Fsp3) is 0.167. The van der Waals surface area contributed by atoms with Crippen molar-refractivity contribution in [2.24, 2.45) is 0 Å². The number of nitrogens with one attached hydrogen (secondary N) is 1. The molecule has 3 aromatic rings. The zero-order valence-corrected chi connectivity index (χ0v) is 15.3. The molecule has 3 N–H and O–H groups in total. The van der Waals surface area contributed by atoms with Crippen molar-refractivity contribution >= 4 is 27.7 Å². The molecular weight excluding hydrogens is 382 g/mol. The number of nitrogens with zero attached hydrogens (tertiary/aromatic N) is 3. The van der Waals surface area contributed by atoms with Crippen molar-refractivity contribution < 1.29 is 4.79 Å². The second-order valence-corrected chi connectivity index (χ2v) is 6.54. The number of hydrogen-bond acceptors (Lipinski definition) is 4. The standard InChI is InChI=1S/C18H18BrN5O/c1-12-15(16(19)7-17(20)23-12)9-21-18(25)14-8-22-24(11-14)10-13-5-3-2-4-6-13/h2-8,11H,9-10H2,1H3,(H2,20,23)(H,21,25). The van der Waals surface area contributed by atoms with Gasteiger partial charge in [-0.1, -0.05) is 46.3 Å². The molecule has 3 rings (SSSR count). The molecule has 0 bridgehead atoms. The lowest BCUT2D eigenvalue weighted by Crippen LogP contribution is -2.23. The van der Waals surface area contributed by atoms with E-state index >= 15 is 0 Å². The topological polar surface area (TPSA) is 85.8 Å². The largest absolute Gasteiger partial charge is 0.384 e. The highest BCUT2D eigenvalue weighted by atomic mass is 79.9. The molecule has 0 atom stereocenters. The Bertz CT molecular complexity index is 868.